The second kappa shape index (κ2) is 7.02. The zero-order valence-electron chi connectivity index (χ0n) is 15.2. The van der Waals surface area contributed by atoms with Gasteiger partial charge in [0.15, 0.2) is 0 Å². The molecule has 27 heavy (non-hydrogen) atoms. The molecular weight excluding hydrogens is 349 g/mol. The number of carbonyl (C=O) groups excluding carboxylic acids is 2. The van der Waals surface area contributed by atoms with Crippen LogP contribution in [0.4, 0.5) is 16.0 Å². The van der Waals surface area contributed by atoms with E-state index in [4.69, 9.17) is 0 Å². The second-order valence-electron chi connectivity index (χ2n) is 7.03. The van der Waals surface area contributed by atoms with E-state index >= 15 is 0 Å². The van der Waals surface area contributed by atoms with Crippen molar-refractivity contribution in [1.82, 2.24) is 14.5 Å². The van der Waals surface area contributed by atoms with E-state index in [1.165, 1.54) is 12.1 Å². The maximum Gasteiger partial charge on any atom is 0.228 e. The largest absolute Gasteiger partial charge is 0.339 e. The molecule has 0 aliphatic carbocycles. The Bertz CT molecular complexity index is 842. The molecule has 0 saturated carbocycles. The smallest absolute Gasteiger partial charge is 0.228 e. The van der Waals surface area contributed by atoms with E-state index in [9.17, 15) is 14.0 Å². The van der Waals surface area contributed by atoms with Crippen LogP contribution in [0.2, 0.25) is 0 Å². The Morgan fingerprint density at radius 2 is 1.85 bits per heavy atom. The molecule has 7 nitrogen and oxygen atoms in total. The first-order valence-corrected chi connectivity index (χ1v) is 9.10. The molecule has 2 aromatic rings. The van der Waals surface area contributed by atoms with E-state index in [2.05, 4.69) is 9.88 Å². The number of anilines is 2. The molecule has 1 aromatic heterocycles. The van der Waals surface area contributed by atoms with Gasteiger partial charge < -0.3 is 19.3 Å². The third-order valence-corrected chi connectivity index (χ3v) is 5.28. The highest BCUT2D eigenvalue weighted by molar-refractivity contribution is 6.00. The van der Waals surface area contributed by atoms with Crippen molar-refractivity contribution in [3.8, 4) is 0 Å². The summed E-state index contributed by atoms with van der Waals surface area (Å²) in [4.78, 5) is 35.2. The van der Waals surface area contributed by atoms with Crippen LogP contribution in [0.1, 0.15) is 6.42 Å². The highest BCUT2D eigenvalue weighted by Crippen LogP contribution is 2.27. The number of piperazine rings is 1. The molecule has 2 aliphatic rings. The van der Waals surface area contributed by atoms with Crippen LogP contribution in [-0.2, 0) is 16.6 Å². The van der Waals surface area contributed by atoms with Crippen molar-refractivity contribution in [3.05, 3.63) is 42.5 Å². The molecule has 8 heteroatoms. The summed E-state index contributed by atoms with van der Waals surface area (Å²) in [6, 6.07) is 5.81. The van der Waals surface area contributed by atoms with Crippen molar-refractivity contribution in [3.63, 3.8) is 0 Å². The highest BCUT2D eigenvalue weighted by atomic mass is 19.1. The Hall–Kier alpha value is -2.90. The zero-order chi connectivity index (χ0) is 19.0. The molecule has 0 radical (unpaired) electrons. The molecule has 0 N–H and O–H groups in total. The number of carbonyl (C=O) groups is 2. The van der Waals surface area contributed by atoms with Gasteiger partial charge in [0.2, 0.25) is 17.8 Å². The summed E-state index contributed by atoms with van der Waals surface area (Å²) in [6.07, 6.45) is 3.87. The third kappa shape index (κ3) is 3.39. The van der Waals surface area contributed by atoms with Gasteiger partial charge in [0.05, 0.1) is 5.92 Å². The van der Waals surface area contributed by atoms with Crippen molar-refractivity contribution in [2.75, 3.05) is 42.5 Å². The van der Waals surface area contributed by atoms with Crippen LogP contribution in [0.5, 0.6) is 0 Å². The Morgan fingerprint density at radius 1 is 1.15 bits per heavy atom. The van der Waals surface area contributed by atoms with E-state index < -0.39 is 0 Å². The minimum Gasteiger partial charge on any atom is -0.339 e. The summed E-state index contributed by atoms with van der Waals surface area (Å²) in [5.41, 5.74) is 0.635. The Kier molecular flexibility index (Phi) is 4.55. The van der Waals surface area contributed by atoms with Crippen LogP contribution in [0, 0.1) is 11.7 Å². The Morgan fingerprint density at radius 3 is 2.48 bits per heavy atom. The number of benzene rings is 1. The van der Waals surface area contributed by atoms with Gasteiger partial charge >= 0.3 is 0 Å². The van der Waals surface area contributed by atoms with E-state index in [1.54, 1.807) is 23.2 Å². The maximum absolute atomic E-state index is 13.1. The summed E-state index contributed by atoms with van der Waals surface area (Å²) in [6.45, 7) is 3.03. The van der Waals surface area contributed by atoms with Gasteiger partial charge in [-0.2, -0.15) is 0 Å². The monoisotopic (exact) mass is 371 g/mol. The zero-order valence-corrected chi connectivity index (χ0v) is 15.2. The lowest BCUT2D eigenvalue weighted by atomic mass is 10.1. The fourth-order valence-corrected chi connectivity index (χ4v) is 3.79. The highest BCUT2D eigenvalue weighted by Gasteiger charge is 2.38. The first-order valence-electron chi connectivity index (χ1n) is 9.10. The van der Waals surface area contributed by atoms with Gasteiger partial charge in [-0.25, -0.2) is 9.37 Å². The Balaban J connectivity index is 1.37. The third-order valence-electron chi connectivity index (χ3n) is 5.28. The van der Waals surface area contributed by atoms with Gasteiger partial charge in [-0.3, -0.25) is 9.59 Å². The minimum atomic E-state index is -0.345. The van der Waals surface area contributed by atoms with Gasteiger partial charge in [-0.15, -0.1) is 0 Å². The molecule has 142 valence electrons. The average Bonchev–Trinajstić information content (AvgIpc) is 3.28. The van der Waals surface area contributed by atoms with Crippen molar-refractivity contribution in [2.24, 2.45) is 13.0 Å². The summed E-state index contributed by atoms with van der Waals surface area (Å²) in [5.74, 6) is 0.144. The molecule has 1 aromatic carbocycles. The molecule has 0 spiro atoms. The predicted molar refractivity (Wildman–Crippen MR) is 98.9 cm³/mol. The van der Waals surface area contributed by atoms with E-state index in [1.807, 2.05) is 22.7 Å². The van der Waals surface area contributed by atoms with Gasteiger partial charge in [-0.1, -0.05) is 0 Å². The van der Waals surface area contributed by atoms with Gasteiger partial charge in [0.1, 0.15) is 5.82 Å². The number of halogens is 1. The van der Waals surface area contributed by atoms with Crippen LogP contribution in [0.3, 0.4) is 0 Å². The number of hydrogen-bond donors (Lipinski definition) is 0. The first-order chi connectivity index (χ1) is 13.0. The number of aryl methyl sites for hydroxylation is 1. The standard InChI is InChI=1S/C19H22FN5O2/c1-22-7-6-21-19(22)24-10-8-23(9-11-24)18(27)14-12-17(26)25(13-14)16-4-2-15(20)3-5-16/h2-7,14H,8-13H2,1H3. The molecule has 2 aliphatic heterocycles. The van der Waals surface area contributed by atoms with Gasteiger partial charge in [-0.05, 0) is 24.3 Å². The molecule has 3 heterocycles. The van der Waals surface area contributed by atoms with Crippen LogP contribution >= 0.6 is 0 Å². The number of hydrogen-bond acceptors (Lipinski definition) is 4. The average molecular weight is 371 g/mol. The summed E-state index contributed by atoms with van der Waals surface area (Å²) in [7, 11) is 1.95. The van der Waals surface area contributed by atoms with E-state index in [-0.39, 0.29) is 30.0 Å². The van der Waals surface area contributed by atoms with Crippen LogP contribution in [0.25, 0.3) is 0 Å². The van der Waals surface area contributed by atoms with Crippen LogP contribution in [0.15, 0.2) is 36.7 Å². The molecule has 0 bridgehead atoms. The first kappa shape index (κ1) is 17.5. The molecule has 2 amide bonds. The number of amides is 2. The van der Waals surface area contributed by atoms with E-state index in [0.717, 1.165) is 19.0 Å². The van der Waals surface area contributed by atoms with Crippen LogP contribution in [-0.4, -0.2) is 59.0 Å². The number of rotatable bonds is 3. The van der Waals surface area contributed by atoms with Crippen molar-refractivity contribution < 1.29 is 14.0 Å². The normalized spacial score (nSPS) is 20.4. The molecule has 4 rings (SSSR count). The SMILES string of the molecule is Cn1ccnc1N1CCN(C(=O)C2CC(=O)N(c3ccc(F)cc3)C2)CC1. The lowest BCUT2D eigenvalue weighted by Gasteiger charge is -2.36. The summed E-state index contributed by atoms with van der Waals surface area (Å²) >= 11 is 0. The second-order valence-corrected chi connectivity index (χ2v) is 7.03. The molecular formula is C19H22FN5O2. The predicted octanol–water partition coefficient (Wildman–Crippen LogP) is 1.26. The fourth-order valence-electron chi connectivity index (χ4n) is 3.79. The van der Waals surface area contributed by atoms with Crippen molar-refractivity contribution in [1.29, 1.82) is 0 Å². The number of nitrogens with zero attached hydrogens (tertiary/aromatic N) is 5. The Labute approximate surface area is 157 Å². The van der Waals surface area contributed by atoms with Gasteiger partial charge in [0.25, 0.3) is 0 Å². The summed E-state index contributed by atoms with van der Waals surface area (Å²) in [5, 5.41) is 0. The van der Waals surface area contributed by atoms with Crippen LogP contribution < -0.4 is 9.80 Å². The molecule has 1 unspecified atom stereocenters. The lowest BCUT2D eigenvalue weighted by molar-refractivity contribution is -0.136. The lowest BCUT2D eigenvalue weighted by Crippen LogP contribution is -2.51. The maximum atomic E-state index is 13.1. The minimum absolute atomic E-state index is 0.0208. The topological polar surface area (TPSA) is 61.7 Å². The molecule has 2 saturated heterocycles. The molecule has 1 atom stereocenters. The van der Waals surface area contributed by atoms with Crippen molar-refractivity contribution in [2.45, 2.75) is 6.42 Å². The number of aromatic nitrogens is 2. The quantitative estimate of drug-likeness (QED) is 0.815. The van der Waals surface area contributed by atoms with Gasteiger partial charge in [0, 0.05) is 64.3 Å². The van der Waals surface area contributed by atoms with Crippen molar-refractivity contribution >= 4 is 23.5 Å². The fraction of sp³-hybridized carbons (Fsp3) is 0.421. The molecule has 2 fully saturated rings. The van der Waals surface area contributed by atoms with E-state index in [0.29, 0.717) is 25.3 Å². The number of imidazole rings is 1. The summed E-state index contributed by atoms with van der Waals surface area (Å²) < 4.78 is 15.1.